The smallest absolute Gasteiger partial charge is 0.146 e. The van der Waals surface area contributed by atoms with Crippen molar-refractivity contribution in [2.24, 2.45) is 5.73 Å². The van der Waals surface area contributed by atoms with E-state index < -0.39 is 0 Å². The van der Waals surface area contributed by atoms with Gasteiger partial charge in [-0.3, -0.25) is 4.79 Å². The SMILES string of the molecule is CC(=O)[C@H](C)NCC[C@@H](N)CO. The molecule has 0 saturated carbocycles. The zero-order chi connectivity index (χ0) is 9.56. The Morgan fingerprint density at radius 2 is 2.25 bits per heavy atom. The third kappa shape index (κ3) is 5.23. The van der Waals surface area contributed by atoms with Gasteiger partial charge in [0.25, 0.3) is 0 Å². The molecule has 0 radical (unpaired) electrons. The van der Waals surface area contributed by atoms with Crippen molar-refractivity contribution in [1.29, 1.82) is 0 Å². The molecule has 0 rings (SSSR count). The normalized spacial score (nSPS) is 15.7. The van der Waals surface area contributed by atoms with Crippen LogP contribution >= 0.6 is 0 Å². The Hall–Kier alpha value is -0.450. The van der Waals surface area contributed by atoms with E-state index in [1.807, 2.05) is 6.92 Å². The molecule has 0 aromatic rings. The molecule has 0 amide bonds. The monoisotopic (exact) mass is 174 g/mol. The highest BCUT2D eigenvalue weighted by atomic mass is 16.3. The zero-order valence-corrected chi connectivity index (χ0v) is 7.71. The molecule has 0 heterocycles. The highest BCUT2D eigenvalue weighted by Crippen LogP contribution is 1.87. The van der Waals surface area contributed by atoms with E-state index >= 15 is 0 Å². The number of hydrogen-bond acceptors (Lipinski definition) is 4. The van der Waals surface area contributed by atoms with Crippen molar-refractivity contribution in [3.05, 3.63) is 0 Å². The second-order valence-electron chi connectivity index (χ2n) is 3.02. The lowest BCUT2D eigenvalue weighted by Gasteiger charge is -2.12. The Morgan fingerprint density at radius 1 is 1.67 bits per heavy atom. The van der Waals surface area contributed by atoms with Gasteiger partial charge in [0, 0.05) is 6.04 Å². The summed E-state index contributed by atoms with van der Waals surface area (Å²) >= 11 is 0. The summed E-state index contributed by atoms with van der Waals surface area (Å²) in [6.07, 6.45) is 0.689. The molecular weight excluding hydrogens is 156 g/mol. The average molecular weight is 174 g/mol. The summed E-state index contributed by atoms with van der Waals surface area (Å²) in [5.74, 6) is 0.118. The molecule has 4 heteroatoms. The number of aliphatic hydroxyl groups excluding tert-OH is 1. The van der Waals surface area contributed by atoms with Crippen molar-refractivity contribution in [3.8, 4) is 0 Å². The van der Waals surface area contributed by atoms with Gasteiger partial charge in [0.2, 0.25) is 0 Å². The summed E-state index contributed by atoms with van der Waals surface area (Å²) in [5.41, 5.74) is 5.46. The van der Waals surface area contributed by atoms with Crippen molar-refractivity contribution < 1.29 is 9.90 Å². The van der Waals surface area contributed by atoms with Gasteiger partial charge < -0.3 is 16.2 Å². The summed E-state index contributed by atoms with van der Waals surface area (Å²) in [7, 11) is 0. The third-order valence-corrected chi connectivity index (χ3v) is 1.81. The van der Waals surface area contributed by atoms with E-state index in [0.29, 0.717) is 13.0 Å². The lowest BCUT2D eigenvalue weighted by atomic mass is 10.2. The standard InChI is InChI=1S/C8H18N2O2/c1-6(7(2)12)10-4-3-8(9)5-11/h6,8,10-11H,3-5,9H2,1-2H3/t6-,8+/m0/s1. The second-order valence-corrected chi connectivity index (χ2v) is 3.02. The Bertz CT molecular complexity index is 139. The predicted octanol–water partition coefficient (Wildman–Crippen LogP) is -0.737. The Labute approximate surface area is 73.1 Å². The number of nitrogens with two attached hydrogens (primary N) is 1. The van der Waals surface area contributed by atoms with Crippen LogP contribution in [0.4, 0.5) is 0 Å². The molecular formula is C8H18N2O2. The maximum Gasteiger partial charge on any atom is 0.146 e. The van der Waals surface area contributed by atoms with Crippen molar-refractivity contribution in [2.75, 3.05) is 13.2 Å². The lowest BCUT2D eigenvalue weighted by molar-refractivity contribution is -0.118. The number of rotatable bonds is 6. The topological polar surface area (TPSA) is 75.4 Å². The zero-order valence-electron chi connectivity index (χ0n) is 7.71. The van der Waals surface area contributed by atoms with Gasteiger partial charge in [0.15, 0.2) is 0 Å². The van der Waals surface area contributed by atoms with E-state index in [2.05, 4.69) is 5.32 Å². The first kappa shape index (κ1) is 11.6. The molecule has 0 aliphatic heterocycles. The minimum absolute atomic E-state index is 0.00384. The molecule has 0 unspecified atom stereocenters. The predicted molar refractivity (Wildman–Crippen MR) is 47.8 cm³/mol. The summed E-state index contributed by atoms with van der Waals surface area (Å²) in [5, 5.41) is 11.6. The van der Waals surface area contributed by atoms with Gasteiger partial charge in [-0.05, 0) is 26.8 Å². The first-order valence-electron chi connectivity index (χ1n) is 4.18. The summed E-state index contributed by atoms with van der Waals surface area (Å²) < 4.78 is 0. The maximum atomic E-state index is 10.7. The van der Waals surface area contributed by atoms with Gasteiger partial charge in [0.05, 0.1) is 12.6 Å². The molecule has 0 aromatic heterocycles. The molecule has 0 fully saturated rings. The quantitative estimate of drug-likeness (QED) is 0.496. The Kier molecular flexibility index (Phi) is 5.88. The van der Waals surface area contributed by atoms with Crippen LogP contribution in [0.3, 0.4) is 0 Å². The number of carbonyl (C=O) groups excluding carboxylic acids is 1. The minimum atomic E-state index is -0.184. The Balaban J connectivity index is 3.37. The number of aliphatic hydroxyl groups is 1. The minimum Gasteiger partial charge on any atom is -0.395 e. The molecule has 0 aliphatic rings. The van der Waals surface area contributed by atoms with Crippen molar-refractivity contribution in [1.82, 2.24) is 5.32 Å². The van der Waals surface area contributed by atoms with E-state index in [9.17, 15) is 4.79 Å². The molecule has 0 saturated heterocycles. The van der Waals surface area contributed by atoms with Crippen molar-refractivity contribution >= 4 is 5.78 Å². The summed E-state index contributed by atoms with van der Waals surface area (Å²) in [6, 6.07) is -0.299. The molecule has 4 nitrogen and oxygen atoms in total. The summed E-state index contributed by atoms with van der Waals surface area (Å²) in [4.78, 5) is 10.7. The van der Waals surface area contributed by atoms with Crippen LogP contribution in [0, 0.1) is 0 Å². The molecule has 72 valence electrons. The van der Waals surface area contributed by atoms with Crippen LogP contribution in [0.2, 0.25) is 0 Å². The lowest BCUT2D eigenvalue weighted by Crippen LogP contribution is -2.36. The summed E-state index contributed by atoms with van der Waals surface area (Å²) in [6.45, 7) is 4.02. The second kappa shape index (κ2) is 6.11. The molecule has 0 bridgehead atoms. The molecule has 0 aromatic carbocycles. The van der Waals surface area contributed by atoms with Gasteiger partial charge in [-0.25, -0.2) is 0 Å². The fraction of sp³-hybridized carbons (Fsp3) is 0.875. The van der Waals surface area contributed by atoms with Gasteiger partial charge in [-0.1, -0.05) is 0 Å². The van der Waals surface area contributed by atoms with Gasteiger partial charge >= 0.3 is 0 Å². The van der Waals surface area contributed by atoms with E-state index in [4.69, 9.17) is 10.8 Å². The van der Waals surface area contributed by atoms with Crippen LogP contribution in [0.15, 0.2) is 0 Å². The molecule has 12 heavy (non-hydrogen) atoms. The van der Waals surface area contributed by atoms with E-state index in [1.165, 1.54) is 0 Å². The molecule has 2 atom stereocenters. The van der Waals surface area contributed by atoms with Gasteiger partial charge in [-0.15, -0.1) is 0 Å². The van der Waals surface area contributed by atoms with E-state index in [0.717, 1.165) is 0 Å². The highest BCUT2D eigenvalue weighted by Gasteiger charge is 2.06. The molecule has 0 spiro atoms. The van der Waals surface area contributed by atoms with E-state index in [1.54, 1.807) is 6.92 Å². The molecule has 4 N–H and O–H groups in total. The maximum absolute atomic E-state index is 10.7. The first-order chi connectivity index (χ1) is 5.57. The van der Waals surface area contributed by atoms with Gasteiger partial charge in [0.1, 0.15) is 5.78 Å². The number of nitrogens with one attached hydrogen (secondary N) is 1. The molecule has 0 aliphatic carbocycles. The Morgan fingerprint density at radius 3 is 2.67 bits per heavy atom. The van der Waals surface area contributed by atoms with Crippen LogP contribution in [-0.2, 0) is 4.79 Å². The number of carbonyl (C=O) groups is 1. The van der Waals surface area contributed by atoms with Crippen molar-refractivity contribution in [2.45, 2.75) is 32.4 Å². The van der Waals surface area contributed by atoms with Crippen LogP contribution < -0.4 is 11.1 Å². The first-order valence-corrected chi connectivity index (χ1v) is 4.18. The van der Waals surface area contributed by atoms with Crippen LogP contribution in [0.5, 0.6) is 0 Å². The highest BCUT2D eigenvalue weighted by molar-refractivity contribution is 5.80. The van der Waals surface area contributed by atoms with Gasteiger partial charge in [-0.2, -0.15) is 0 Å². The van der Waals surface area contributed by atoms with Crippen LogP contribution in [0.1, 0.15) is 20.3 Å². The van der Waals surface area contributed by atoms with Crippen LogP contribution in [-0.4, -0.2) is 36.1 Å². The largest absolute Gasteiger partial charge is 0.395 e. The average Bonchev–Trinajstić information content (AvgIpc) is 2.03. The number of Topliss-reactive ketones (excluding diaryl/α,β-unsaturated/α-hetero) is 1. The van der Waals surface area contributed by atoms with Crippen molar-refractivity contribution in [3.63, 3.8) is 0 Å². The van der Waals surface area contributed by atoms with Crippen LogP contribution in [0.25, 0.3) is 0 Å². The third-order valence-electron chi connectivity index (χ3n) is 1.81. The fourth-order valence-corrected chi connectivity index (χ4v) is 0.720. The van der Waals surface area contributed by atoms with E-state index in [-0.39, 0.29) is 24.5 Å². The number of hydrogen-bond donors (Lipinski definition) is 3. The number of ketones is 1. The fourth-order valence-electron chi connectivity index (χ4n) is 0.720.